The Morgan fingerprint density at radius 3 is 2.55 bits per heavy atom. The van der Waals surface area contributed by atoms with Crippen LogP contribution in [0.25, 0.3) is 0 Å². The average molecular weight is 151 g/mol. The maximum Gasteiger partial charge on any atom is 0.172 e. The van der Waals surface area contributed by atoms with Gasteiger partial charge in [0, 0.05) is 0 Å². The molecule has 0 atom stereocenters. The number of pyridine rings is 1. The molecule has 1 rings (SSSR count). The molecular weight excluding hydrogens is 146 g/mol. The Kier molecular flexibility index (Phi) is 1.96. The van der Waals surface area contributed by atoms with Crippen LogP contribution in [-0.4, -0.2) is 22.7 Å². The van der Waals surface area contributed by atoms with Crippen LogP contribution in [0.3, 0.4) is 0 Å². The minimum absolute atomic E-state index is 0.116. The third kappa shape index (κ3) is 1.40. The fourth-order valence-corrected chi connectivity index (χ4v) is 0.636. The molecule has 11 heavy (non-hydrogen) atoms. The van der Waals surface area contributed by atoms with Crippen LogP contribution in [0.2, 0.25) is 0 Å². The van der Waals surface area contributed by atoms with Crippen molar-refractivity contribution in [2.24, 2.45) is 0 Å². The van der Waals surface area contributed by atoms with E-state index in [1.165, 1.54) is 12.1 Å². The zero-order valence-corrected chi connectivity index (χ0v) is 5.52. The van der Waals surface area contributed by atoms with E-state index < -0.39 is 0 Å². The number of aldehydes is 2. The Morgan fingerprint density at radius 2 is 2.00 bits per heavy atom. The van der Waals surface area contributed by atoms with Crippen molar-refractivity contribution in [1.82, 2.24) is 4.98 Å². The smallest absolute Gasteiger partial charge is 0.172 e. The van der Waals surface area contributed by atoms with E-state index in [0.29, 0.717) is 12.6 Å². The Hall–Kier alpha value is -1.71. The van der Waals surface area contributed by atoms with Crippen molar-refractivity contribution in [3.05, 3.63) is 23.5 Å². The van der Waals surface area contributed by atoms with Crippen LogP contribution in [0.5, 0.6) is 5.75 Å². The quantitative estimate of drug-likeness (QED) is 0.621. The molecule has 0 aliphatic heterocycles. The van der Waals surface area contributed by atoms with Gasteiger partial charge in [-0.15, -0.1) is 0 Å². The first-order chi connectivity index (χ1) is 5.27. The van der Waals surface area contributed by atoms with E-state index in [-0.39, 0.29) is 17.1 Å². The summed E-state index contributed by atoms with van der Waals surface area (Å²) in [5, 5.41) is 8.92. The molecular formula is C7H5NO3. The second kappa shape index (κ2) is 2.92. The molecule has 1 heterocycles. The predicted molar refractivity (Wildman–Crippen MR) is 36.7 cm³/mol. The van der Waals surface area contributed by atoms with Gasteiger partial charge in [-0.1, -0.05) is 0 Å². The maximum atomic E-state index is 10.2. The van der Waals surface area contributed by atoms with E-state index in [1.807, 2.05) is 0 Å². The SMILES string of the molecule is O=Cc1ccc(O)c(C=O)n1. The minimum Gasteiger partial charge on any atom is -0.506 e. The fraction of sp³-hybridized carbons (Fsp3) is 0. The van der Waals surface area contributed by atoms with Gasteiger partial charge in [-0.05, 0) is 12.1 Å². The van der Waals surface area contributed by atoms with E-state index in [2.05, 4.69) is 4.98 Å². The predicted octanol–water partition coefficient (Wildman–Crippen LogP) is 0.412. The summed E-state index contributed by atoms with van der Waals surface area (Å²) in [6.07, 6.45) is 0.898. The third-order valence-electron chi connectivity index (χ3n) is 1.16. The Labute approximate surface area is 62.5 Å². The second-order valence-electron chi connectivity index (χ2n) is 1.88. The molecule has 0 fully saturated rings. The van der Waals surface area contributed by atoms with Gasteiger partial charge in [0.1, 0.15) is 17.1 Å². The van der Waals surface area contributed by atoms with Crippen molar-refractivity contribution in [3.8, 4) is 5.75 Å². The normalized spacial score (nSPS) is 9.09. The summed E-state index contributed by atoms with van der Waals surface area (Å²) in [6.45, 7) is 0. The number of rotatable bonds is 2. The van der Waals surface area contributed by atoms with Crippen molar-refractivity contribution < 1.29 is 14.7 Å². The molecule has 1 aromatic rings. The Morgan fingerprint density at radius 1 is 1.27 bits per heavy atom. The summed E-state index contributed by atoms with van der Waals surface area (Å²) in [5.41, 5.74) is 0.0134. The van der Waals surface area contributed by atoms with Gasteiger partial charge in [0.15, 0.2) is 12.6 Å². The van der Waals surface area contributed by atoms with Gasteiger partial charge < -0.3 is 5.11 Å². The molecule has 0 radical (unpaired) electrons. The number of nitrogens with zero attached hydrogens (tertiary/aromatic N) is 1. The van der Waals surface area contributed by atoms with Crippen LogP contribution >= 0.6 is 0 Å². The van der Waals surface area contributed by atoms with E-state index in [1.54, 1.807) is 0 Å². The number of hydrogen-bond acceptors (Lipinski definition) is 4. The van der Waals surface area contributed by atoms with Crippen LogP contribution in [0, 0.1) is 0 Å². The number of aromatic hydroxyl groups is 1. The molecule has 1 aromatic heterocycles. The Bertz CT molecular complexity index is 296. The summed E-state index contributed by atoms with van der Waals surface area (Å²) in [7, 11) is 0. The first-order valence-electron chi connectivity index (χ1n) is 2.88. The van der Waals surface area contributed by atoms with Crippen LogP contribution in [0.4, 0.5) is 0 Å². The molecule has 0 aromatic carbocycles. The zero-order valence-electron chi connectivity index (χ0n) is 5.52. The van der Waals surface area contributed by atoms with Gasteiger partial charge in [0.05, 0.1) is 0 Å². The highest BCUT2D eigenvalue weighted by Crippen LogP contribution is 2.11. The van der Waals surface area contributed by atoms with Gasteiger partial charge in [-0.3, -0.25) is 9.59 Å². The van der Waals surface area contributed by atoms with Gasteiger partial charge in [0.25, 0.3) is 0 Å². The van der Waals surface area contributed by atoms with Crippen molar-refractivity contribution in [3.63, 3.8) is 0 Å². The lowest BCUT2D eigenvalue weighted by Crippen LogP contribution is -1.92. The summed E-state index contributed by atoms with van der Waals surface area (Å²) in [5.74, 6) is -0.217. The molecule has 0 bridgehead atoms. The summed E-state index contributed by atoms with van der Waals surface area (Å²) in [4.78, 5) is 23.8. The monoisotopic (exact) mass is 151 g/mol. The van der Waals surface area contributed by atoms with Crippen molar-refractivity contribution in [1.29, 1.82) is 0 Å². The minimum atomic E-state index is -0.217. The molecule has 0 aliphatic rings. The first-order valence-corrected chi connectivity index (χ1v) is 2.88. The van der Waals surface area contributed by atoms with Crippen molar-refractivity contribution >= 4 is 12.6 Å². The van der Waals surface area contributed by atoms with Crippen molar-refractivity contribution in [2.75, 3.05) is 0 Å². The largest absolute Gasteiger partial charge is 0.506 e. The average Bonchev–Trinajstić information content (AvgIpc) is 2.05. The van der Waals surface area contributed by atoms with E-state index in [0.717, 1.165) is 0 Å². The van der Waals surface area contributed by atoms with Crippen LogP contribution in [0.15, 0.2) is 12.1 Å². The van der Waals surface area contributed by atoms with Crippen LogP contribution in [-0.2, 0) is 0 Å². The summed E-state index contributed by atoms with van der Waals surface area (Å²) >= 11 is 0. The highest BCUT2D eigenvalue weighted by molar-refractivity contribution is 5.79. The molecule has 56 valence electrons. The second-order valence-corrected chi connectivity index (χ2v) is 1.88. The lowest BCUT2D eigenvalue weighted by Gasteiger charge is -1.94. The van der Waals surface area contributed by atoms with Crippen LogP contribution in [0.1, 0.15) is 21.0 Å². The van der Waals surface area contributed by atoms with Crippen LogP contribution < -0.4 is 0 Å². The fourth-order valence-electron chi connectivity index (χ4n) is 0.636. The lowest BCUT2D eigenvalue weighted by molar-refractivity contribution is 0.111. The van der Waals surface area contributed by atoms with Gasteiger partial charge in [0.2, 0.25) is 0 Å². The van der Waals surface area contributed by atoms with Gasteiger partial charge >= 0.3 is 0 Å². The van der Waals surface area contributed by atoms with E-state index in [9.17, 15) is 9.59 Å². The summed E-state index contributed by atoms with van der Waals surface area (Å²) < 4.78 is 0. The topological polar surface area (TPSA) is 67.3 Å². The third-order valence-corrected chi connectivity index (χ3v) is 1.16. The molecule has 4 heteroatoms. The molecule has 0 saturated heterocycles. The molecule has 0 aliphatic carbocycles. The molecule has 0 amide bonds. The molecule has 1 N–H and O–H groups in total. The number of carbonyl (C=O) groups excluding carboxylic acids is 2. The zero-order chi connectivity index (χ0) is 8.27. The van der Waals surface area contributed by atoms with Gasteiger partial charge in [-0.25, -0.2) is 4.98 Å². The van der Waals surface area contributed by atoms with E-state index in [4.69, 9.17) is 5.11 Å². The van der Waals surface area contributed by atoms with Gasteiger partial charge in [-0.2, -0.15) is 0 Å². The number of hydrogen-bond donors (Lipinski definition) is 1. The standard InChI is InChI=1S/C7H5NO3/c9-3-5-1-2-7(11)6(4-10)8-5/h1-4,11H. The number of carbonyl (C=O) groups is 2. The number of aromatic nitrogens is 1. The Balaban J connectivity index is 3.22. The van der Waals surface area contributed by atoms with E-state index >= 15 is 0 Å². The maximum absolute atomic E-state index is 10.2. The van der Waals surface area contributed by atoms with Crippen molar-refractivity contribution in [2.45, 2.75) is 0 Å². The lowest BCUT2D eigenvalue weighted by atomic mass is 10.3. The molecule has 0 saturated carbocycles. The first kappa shape index (κ1) is 7.40. The summed E-state index contributed by atoms with van der Waals surface area (Å²) in [6, 6.07) is 2.58. The highest BCUT2D eigenvalue weighted by atomic mass is 16.3. The molecule has 0 unspecified atom stereocenters. The molecule has 4 nitrogen and oxygen atoms in total. The molecule has 0 spiro atoms. The highest BCUT2D eigenvalue weighted by Gasteiger charge is 2.01.